The van der Waals surface area contributed by atoms with Gasteiger partial charge in [-0.2, -0.15) is 5.10 Å². The number of nitrogens with zero attached hydrogens (tertiary/aromatic N) is 1. The number of hydrazone groups is 1. The highest BCUT2D eigenvalue weighted by Gasteiger charge is 1.96. The van der Waals surface area contributed by atoms with Crippen LogP contribution in [0.2, 0.25) is 0 Å². The van der Waals surface area contributed by atoms with Gasteiger partial charge in [-0.05, 0) is 31.5 Å². The van der Waals surface area contributed by atoms with Gasteiger partial charge in [0.05, 0.1) is 11.4 Å². The molecular weight excluding hydrogens is 208 g/mol. The summed E-state index contributed by atoms with van der Waals surface area (Å²) < 4.78 is 0. The first-order chi connectivity index (χ1) is 8.25. The number of benzene rings is 2. The van der Waals surface area contributed by atoms with Crippen LogP contribution in [0, 0.1) is 6.92 Å². The fourth-order valence-electron chi connectivity index (χ4n) is 1.52. The highest BCUT2D eigenvalue weighted by atomic mass is 15.3. The normalized spacial score (nSPS) is 11.3. The first kappa shape index (κ1) is 11.4. The molecule has 0 saturated carbocycles. The molecule has 0 aromatic heterocycles. The van der Waals surface area contributed by atoms with Crippen molar-refractivity contribution in [1.82, 2.24) is 0 Å². The Morgan fingerprint density at radius 1 is 0.941 bits per heavy atom. The van der Waals surface area contributed by atoms with Crippen LogP contribution in [0.25, 0.3) is 0 Å². The van der Waals surface area contributed by atoms with Crippen molar-refractivity contribution in [2.24, 2.45) is 5.10 Å². The van der Waals surface area contributed by atoms with Crippen LogP contribution < -0.4 is 5.43 Å². The summed E-state index contributed by atoms with van der Waals surface area (Å²) >= 11 is 0. The van der Waals surface area contributed by atoms with Crippen molar-refractivity contribution in [3.05, 3.63) is 65.7 Å². The summed E-state index contributed by atoms with van der Waals surface area (Å²) in [7, 11) is 0. The highest BCUT2D eigenvalue weighted by Crippen LogP contribution is 2.07. The molecule has 0 spiro atoms. The van der Waals surface area contributed by atoms with Gasteiger partial charge in [-0.25, -0.2) is 0 Å². The molecule has 0 amide bonds. The van der Waals surface area contributed by atoms with Gasteiger partial charge in [0.15, 0.2) is 0 Å². The number of hydrogen-bond acceptors (Lipinski definition) is 2. The predicted molar refractivity (Wildman–Crippen MR) is 73.5 cm³/mol. The summed E-state index contributed by atoms with van der Waals surface area (Å²) in [5, 5.41) is 4.36. The van der Waals surface area contributed by atoms with Crippen LogP contribution in [0.5, 0.6) is 0 Å². The lowest BCUT2D eigenvalue weighted by atomic mass is 10.1. The Kier molecular flexibility index (Phi) is 3.55. The van der Waals surface area contributed by atoms with Gasteiger partial charge >= 0.3 is 0 Å². The Morgan fingerprint density at radius 2 is 1.59 bits per heavy atom. The second kappa shape index (κ2) is 5.30. The molecule has 0 aliphatic heterocycles. The zero-order valence-electron chi connectivity index (χ0n) is 10.1. The Hall–Kier alpha value is -2.09. The largest absolute Gasteiger partial charge is 0.278 e. The second-order valence-electron chi connectivity index (χ2n) is 4.04. The van der Waals surface area contributed by atoms with Crippen molar-refractivity contribution in [2.45, 2.75) is 13.8 Å². The maximum atomic E-state index is 4.36. The van der Waals surface area contributed by atoms with Gasteiger partial charge in [-0.15, -0.1) is 0 Å². The third-order valence-corrected chi connectivity index (χ3v) is 2.60. The third kappa shape index (κ3) is 3.18. The van der Waals surface area contributed by atoms with E-state index in [-0.39, 0.29) is 0 Å². The molecule has 0 unspecified atom stereocenters. The lowest BCUT2D eigenvalue weighted by Crippen LogP contribution is -1.99. The van der Waals surface area contributed by atoms with Gasteiger partial charge in [-0.3, -0.25) is 5.43 Å². The monoisotopic (exact) mass is 224 g/mol. The topological polar surface area (TPSA) is 24.4 Å². The molecule has 2 aromatic rings. The van der Waals surface area contributed by atoms with Gasteiger partial charge in [0.1, 0.15) is 0 Å². The number of nitrogens with one attached hydrogen (secondary N) is 1. The minimum absolute atomic E-state index is 0.980. The molecule has 0 bridgehead atoms. The van der Waals surface area contributed by atoms with Crippen LogP contribution in [0.4, 0.5) is 5.69 Å². The van der Waals surface area contributed by atoms with Crippen molar-refractivity contribution in [2.75, 3.05) is 5.43 Å². The number of hydrogen-bond donors (Lipinski definition) is 1. The first-order valence-electron chi connectivity index (χ1n) is 5.68. The van der Waals surface area contributed by atoms with E-state index in [1.54, 1.807) is 0 Å². The van der Waals surface area contributed by atoms with E-state index < -0.39 is 0 Å². The molecule has 0 radical (unpaired) electrons. The van der Waals surface area contributed by atoms with Crippen LogP contribution in [-0.4, -0.2) is 5.71 Å². The molecule has 2 rings (SSSR count). The Bertz CT molecular complexity index is 498. The number of aryl methyl sites for hydroxylation is 1. The van der Waals surface area contributed by atoms with E-state index in [0.717, 1.165) is 17.0 Å². The van der Waals surface area contributed by atoms with E-state index in [0.29, 0.717) is 0 Å². The number of rotatable bonds is 3. The van der Waals surface area contributed by atoms with Crippen molar-refractivity contribution in [1.29, 1.82) is 0 Å². The Labute approximate surface area is 102 Å². The summed E-state index contributed by atoms with van der Waals surface area (Å²) in [6.45, 7) is 4.08. The molecule has 0 saturated heterocycles. The average molecular weight is 224 g/mol. The average Bonchev–Trinajstić information content (AvgIpc) is 2.38. The zero-order valence-corrected chi connectivity index (χ0v) is 10.1. The lowest BCUT2D eigenvalue weighted by Gasteiger charge is -2.03. The maximum Gasteiger partial charge on any atom is 0.0648 e. The van der Waals surface area contributed by atoms with Gasteiger partial charge in [0.25, 0.3) is 0 Å². The fourth-order valence-corrected chi connectivity index (χ4v) is 1.52. The zero-order chi connectivity index (χ0) is 12.1. The van der Waals surface area contributed by atoms with Crippen molar-refractivity contribution in [3.8, 4) is 0 Å². The summed E-state index contributed by atoms with van der Waals surface area (Å²) in [5.74, 6) is 0. The van der Waals surface area contributed by atoms with Crippen LogP contribution in [0.3, 0.4) is 0 Å². The fraction of sp³-hybridized carbons (Fsp3) is 0.133. The second-order valence-corrected chi connectivity index (χ2v) is 4.04. The Morgan fingerprint density at radius 3 is 2.24 bits per heavy atom. The summed E-state index contributed by atoms with van der Waals surface area (Å²) in [5.41, 5.74) is 7.42. The van der Waals surface area contributed by atoms with Crippen molar-refractivity contribution in [3.63, 3.8) is 0 Å². The molecule has 0 aliphatic rings. The van der Waals surface area contributed by atoms with Gasteiger partial charge in [0, 0.05) is 0 Å². The Balaban J connectivity index is 2.10. The number of anilines is 1. The predicted octanol–water partition coefficient (Wildman–Crippen LogP) is 3.83. The van der Waals surface area contributed by atoms with E-state index in [1.807, 2.05) is 37.3 Å². The van der Waals surface area contributed by atoms with E-state index in [2.05, 4.69) is 41.7 Å². The molecule has 0 atom stereocenters. The SMILES string of the molecule is CC(=NNc1ccccc1)c1ccc(C)cc1. The molecule has 0 fully saturated rings. The number of para-hydroxylation sites is 1. The molecule has 0 heterocycles. The minimum atomic E-state index is 0.980. The standard InChI is InChI=1S/C15H16N2/c1-12-8-10-14(11-9-12)13(2)16-17-15-6-4-3-5-7-15/h3-11,17H,1-2H3. The van der Waals surface area contributed by atoms with Crippen LogP contribution in [0.15, 0.2) is 59.7 Å². The maximum absolute atomic E-state index is 4.36. The van der Waals surface area contributed by atoms with Crippen LogP contribution >= 0.6 is 0 Å². The molecule has 86 valence electrons. The third-order valence-electron chi connectivity index (χ3n) is 2.60. The molecule has 17 heavy (non-hydrogen) atoms. The van der Waals surface area contributed by atoms with Crippen LogP contribution in [0.1, 0.15) is 18.1 Å². The lowest BCUT2D eigenvalue weighted by molar-refractivity contribution is 1.32. The smallest absolute Gasteiger partial charge is 0.0648 e. The minimum Gasteiger partial charge on any atom is -0.278 e. The van der Waals surface area contributed by atoms with Gasteiger partial charge in [0.2, 0.25) is 0 Å². The molecule has 0 aliphatic carbocycles. The van der Waals surface area contributed by atoms with Gasteiger partial charge in [-0.1, -0.05) is 48.0 Å². The molecular formula is C15H16N2. The molecule has 1 N–H and O–H groups in total. The van der Waals surface area contributed by atoms with Crippen molar-refractivity contribution < 1.29 is 0 Å². The van der Waals surface area contributed by atoms with E-state index in [9.17, 15) is 0 Å². The molecule has 2 nitrogen and oxygen atoms in total. The quantitative estimate of drug-likeness (QED) is 0.622. The van der Waals surface area contributed by atoms with E-state index in [1.165, 1.54) is 5.56 Å². The van der Waals surface area contributed by atoms with Crippen LogP contribution in [-0.2, 0) is 0 Å². The highest BCUT2D eigenvalue weighted by molar-refractivity contribution is 5.99. The summed E-state index contributed by atoms with van der Waals surface area (Å²) in [6, 6.07) is 18.3. The summed E-state index contributed by atoms with van der Waals surface area (Å²) in [4.78, 5) is 0. The van der Waals surface area contributed by atoms with E-state index in [4.69, 9.17) is 0 Å². The van der Waals surface area contributed by atoms with E-state index >= 15 is 0 Å². The molecule has 2 heteroatoms. The summed E-state index contributed by atoms with van der Waals surface area (Å²) in [6.07, 6.45) is 0. The molecule has 2 aromatic carbocycles. The van der Waals surface area contributed by atoms with Crippen molar-refractivity contribution >= 4 is 11.4 Å². The van der Waals surface area contributed by atoms with Gasteiger partial charge < -0.3 is 0 Å². The first-order valence-corrected chi connectivity index (χ1v) is 5.68.